The van der Waals surface area contributed by atoms with E-state index >= 15 is 0 Å². The highest BCUT2D eigenvalue weighted by Gasteiger charge is 2.19. The van der Waals surface area contributed by atoms with Crippen LogP contribution in [0.25, 0.3) is 0 Å². The lowest BCUT2D eigenvalue weighted by Crippen LogP contribution is -2.31. The van der Waals surface area contributed by atoms with Crippen LogP contribution in [0.15, 0.2) is 6.20 Å². The number of rotatable bonds is 4. The molecule has 5 heteroatoms. The van der Waals surface area contributed by atoms with Crippen molar-refractivity contribution in [1.29, 1.82) is 5.26 Å². The highest BCUT2D eigenvalue weighted by molar-refractivity contribution is 7.11. The molecule has 1 aromatic heterocycles. The molecule has 0 bridgehead atoms. The Morgan fingerprint density at radius 2 is 2.44 bits per heavy atom. The number of nitrogens with zero attached hydrogens (tertiary/aromatic N) is 2. The van der Waals surface area contributed by atoms with Gasteiger partial charge in [0, 0.05) is 11.1 Å². The van der Waals surface area contributed by atoms with Gasteiger partial charge in [0.25, 0.3) is 0 Å². The Bertz CT molecular complexity index is 408. The van der Waals surface area contributed by atoms with E-state index in [1.807, 2.05) is 26.8 Å². The number of amides is 1. The molecule has 0 spiro atoms. The van der Waals surface area contributed by atoms with Gasteiger partial charge in [-0.1, -0.05) is 6.92 Å². The van der Waals surface area contributed by atoms with Crippen molar-refractivity contribution in [3.8, 4) is 6.07 Å². The standard InChI is InChI=1S/C11H15N3OS/c1-4-9(5-12)10(15)14-8(3)11-13-6-7(2)16-11/h6,8-9H,4H2,1-3H3,(H,14,15). The molecule has 0 aliphatic heterocycles. The van der Waals surface area contributed by atoms with Crippen molar-refractivity contribution in [1.82, 2.24) is 10.3 Å². The lowest BCUT2D eigenvalue weighted by atomic mass is 10.1. The van der Waals surface area contributed by atoms with E-state index < -0.39 is 5.92 Å². The number of aryl methyl sites for hydroxylation is 1. The number of carbonyl (C=O) groups excluding carboxylic acids is 1. The fraction of sp³-hybridized carbons (Fsp3) is 0.545. The summed E-state index contributed by atoms with van der Waals surface area (Å²) in [6.45, 7) is 5.67. The van der Waals surface area contributed by atoms with Crippen molar-refractivity contribution in [3.63, 3.8) is 0 Å². The van der Waals surface area contributed by atoms with Crippen molar-refractivity contribution in [2.45, 2.75) is 33.2 Å². The molecule has 16 heavy (non-hydrogen) atoms. The second-order valence-corrected chi connectivity index (χ2v) is 4.90. The van der Waals surface area contributed by atoms with Crippen molar-refractivity contribution in [2.24, 2.45) is 5.92 Å². The zero-order chi connectivity index (χ0) is 12.1. The summed E-state index contributed by atoms with van der Waals surface area (Å²) in [5.41, 5.74) is 0. The first-order chi connectivity index (χ1) is 7.58. The first-order valence-electron chi connectivity index (χ1n) is 5.20. The average Bonchev–Trinajstić information content (AvgIpc) is 2.66. The molecule has 1 N–H and O–H groups in total. The maximum atomic E-state index is 11.6. The van der Waals surface area contributed by atoms with Crippen LogP contribution in [-0.4, -0.2) is 10.9 Å². The normalized spacial score (nSPS) is 13.9. The van der Waals surface area contributed by atoms with E-state index in [1.165, 1.54) is 0 Å². The fourth-order valence-electron chi connectivity index (χ4n) is 1.28. The van der Waals surface area contributed by atoms with Gasteiger partial charge in [-0.3, -0.25) is 4.79 Å². The topological polar surface area (TPSA) is 65.8 Å². The van der Waals surface area contributed by atoms with Gasteiger partial charge in [0.15, 0.2) is 0 Å². The van der Waals surface area contributed by atoms with Crippen LogP contribution in [0.4, 0.5) is 0 Å². The molecule has 2 atom stereocenters. The minimum Gasteiger partial charge on any atom is -0.346 e. The number of aromatic nitrogens is 1. The van der Waals surface area contributed by atoms with Gasteiger partial charge in [0.1, 0.15) is 10.9 Å². The summed E-state index contributed by atoms with van der Waals surface area (Å²) in [7, 11) is 0. The van der Waals surface area contributed by atoms with Gasteiger partial charge in [-0.2, -0.15) is 5.26 Å². The van der Waals surface area contributed by atoms with Gasteiger partial charge in [0.05, 0.1) is 12.1 Å². The highest BCUT2D eigenvalue weighted by atomic mass is 32.1. The molecular weight excluding hydrogens is 222 g/mol. The SMILES string of the molecule is CCC(C#N)C(=O)NC(C)c1ncc(C)s1. The zero-order valence-electron chi connectivity index (χ0n) is 9.65. The molecule has 1 heterocycles. The van der Waals surface area contributed by atoms with Crippen molar-refractivity contribution >= 4 is 17.2 Å². The van der Waals surface area contributed by atoms with E-state index in [9.17, 15) is 4.79 Å². The van der Waals surface area contributed by atoms with Crippen molar-refractivity contribution in [2.75, 3.05) is 0 Å². The first-order valence-corrected chi connectivity index (χ1v) is 6.02. The molecular formula is C11H15N3OS. The maximum Gasteiger partial charge on any atom is 0.237 e. The third-order valence-corrected chi connectivity index (χ3v) is 3.34. The summed E-state index contributed by atoms with van der Waals surface area (Å²) >= 11 is 1.56. The van der Waals surface area contributed by atoms with Gasteiger partial charge in [-0.25, -0.2) is 4.98 Å². The van der Waals surface area contributed by atoms with Gasteiger partial charge in [-0.05, 0) is 20.3 Å². The summed E-state index contributed by atoms with van der Waals surface area (Å²) in [6.07, 6.45) is 2.32. The lowest BCUT2D eigenvalue weighted by molar-refractivity contribution is -0.124. The number of nitriles is 1. The minimum atomic E-state index is -0.566. The van der Waals surface area contributed by atoms with Gasteiger partial charge < -0.3 is 5.32 Å². The van der Waals surface area contributed by atoms with E-state index in [1.54, 1.807) is 17.5 Å². The molecule has 1 rings (SSSR count). The Morgan fingerprint density at radius 1 is 1.75 bits per heavy atom. The van der Waals surface area contributed by atoms with E-state index in [0.717, 1.165) is 9.88 Å². The van der Waals surface area contributed by atoms with Gasteiger partial charge in [0.2, 0.25) is 5.91 Å². The molecule has 0 saturated carbocycles. The van der Waals surface area contributed by atoms with Gasteiger partial charge >= 0.3 is 0 Å². The number of thiazole rings is 1. The quantitative estimate of drug-likeness (QED) is 0.872. The lowest BCUT2D eigenvalue weighted by Gasteiger charge is -2.13. The van der Waals surface area contributed by atoms with E-state index in [2.05, 4.69) is 10.3 Å². The van der Waals surface area contributed by atoms with Crippen LogP contribution in [-0.2, 0) is 4.79 Å². The average molecular weight is 237 g/mol. The predicted molar refractivity (Wildman–Crippen MR) is 62.8 cm³/mol. The maximum absolute atomic E-state index is 11.6. The smallest absolute Gasteiger partial charge is 0.237 e. The minimum absolute atomic E-state index is 0.131. The van der Waals surface area contributed by atoms with Crippen LogP contribution < -0.4 is 5.32 Å². The number of hydrogen-bond donors (Lipinski definition) is 1. The second kappa shape index (κ2) is 5.61. The Hall–Kier alpha value is -1.41. The highest BCUT2D eigenvalue weighted by Crippen LogP contribution is 2.19. The second-order valence-electron chi connectivity index (χ2n) is 3.63. The Labute approximate surface area is 99.3 Å². The van der Waals surface area contributed by atoms with Crippen LogP contribution in [0.2, 0.25) is 0 Å². The Morgan fingerprint density at radius 3 is 2.88 bits per heavy atom. The molecule has 4 nitrogen and oxygen atoms in total. The molecule has 86 valence electrons. The summed E-state index contributed by atoms with van der Waals surface area (Å²) in [4.78, 5) is 17.0. The summed E-state index contributed by atoms with van der Waals surface area (Å²) < 4.78 is 0. The molecule has 2 unspecified atom stereocenters. The molecule has 0 aliphatic carbocycles. The Kier molecular flexibility index (Phi) is 4.44. The molecule has 0 aromatic carbocycles. The molecule has 1 amide bonds. The van der Waals surface area contributed by atoms with Crippen LogP contribution in [0.1, 0.15) is 36.2 Å². The third kappa shape index (κ3) is 3.04. The van der Waals surface area contributed by atoms with Crippen LogP contribution in [0.3, 0.4) is 0 Å². The monoisotopic (exact) mass is 237 g/mol. The summed E-state index contributed by atoms with van der Waals surface area (Å²) in [5, 5.41) is 12.4. The van der Waals surface area contributed by atoms with E-state index in [-0.39, 0.29) is 11.9 Å². The van der Waals surface area contributed by atoms with Crippen LogP contribution >= 0.6 is 11.3 Å². The van der Waals surface area contributed by atoms with Crippen LogP contribution in [0.5, 0.6) is 0 Å². The number of hydrogen-bond acceptors (Lipinski definition) is 4. The largest absolute Gasteiger partial charge is 0.346 e. The van der Waals surface area contributed by atoms with Crippen LogP contribution in [0, 0.1) is 24.2 Å². The molecule has 0 fully saturated rings. The van der Waals surface area contributed by atoms with E-state index in [4.69, 9.17) is 5.26 Å². The summed E-state index contributed by atoms with van der Waals surface area (Å²) in [5.74, 6) is -0.783. The molecule has 0 aliphatic rings. The van der Waals surface area contributed by atoms with Gasteiger partial charge in [-0.15, -0.1) is 11.3 Å². The molecule has 0 radical (unpaired) electrons. The fourth-order valence-corrected chi connectivity index (χ4v) is 2.06. The molecule has 1 aromatic rings. The molecule has 0 saturated heterocycles. The van der Waals surface area contributed by atoms with Crippen molar-refractivity contribution < 1.29 is 4.79 Å². The van der Waals surface area contributed by atoms with Crippen molar-refractivity contribution in [3.05, 3.63) is 16.1 Å². The zero-order valence-corrected chi connectivity index (χ0v) is 10.5. The first kappa shape index (κ1) is 12.7. The third-order valence-electron chi connectivity index (χ3n) is 2.25. The Balaban J connectivity index is 2.61. The number of nitrogens with one attached hydrogen (secondary N) is 1. The summed E-state index contributed by atoms with van der Waals surface area (Å²) in [6, 6.07) is 1.85. The predicted octanol–water partition coefficient (Wildman–Crippen LogP) is 2.18. The van der Waals surface area contributed by atoms with E-state index in [0.29, 0.717) is 6.42 Å². The number of carbonyl (C=O) groups is 1.